The summed E-state index contributed by atoms with van der Waals surface area (Å²) in [5.41, 5.74) is -0.530. The Bertz CT molecular complexity index is 396. The number of alkyl carbamates (subject to hydrolysis) is 1. The first-order chi connectivity index (χ1) is 9.63. The number of carbonyl (C=O) groups excluding carboxylic acids is 1. The molecule has 1 heterocycles. The summed E-state index contributed by atoms with van der Waals surface area (Å²) in [5.74, 6) is -0.654. The van der Waals surface area contributed by atoms with Gasteiger partial charge in [-0.2, -0.15) is 0 Å². The summed E-state index contributed by atoms with van der Waals surface area (Å²) < 4.78 is 16.8. The van der Waals surface area contributed by atoms with Crippen LogP contribution in [0.15, 0.2) is 24.8 Å². The fourth-order valence-corrected chi connectivity index (χ4v) is 1.99. The summed E-state index contributed by atoms with van der Waals surface area (Å²) in [5, 5.41) is 2.82. The van der Waals surface area contributed by atoms with E-state index in [-0.39, 0.29) is 12.1 Å². The van der Waals surface area contributed by atoms with Crippen LogP contribution in [0.4, 0.5) is 4.79 Å². The van der Waals surface area contributed by atoms with Crippen LogP contribution in [0.5, 0.6) is 0 Å². The molecule has 0 saturated carbocycles. The lowest BCUT2D eigenvalue weighted by atomic mass is 10.1. The van der Waals surface area contributed by atoms with Crippen LogP contribution in [-0.2, 0) is 14.2 Å². The molecule has 0 aromatic heterocycles. The van der Waals surface area contributed by atoms with Crippen molar-refractivity contribution < 1.29 is 19.0 Å². The predicted octanol–water partition coefficient (Wildman–Crippen LogP) is 3.16. The second kappa shape index (κ2) is 7.09. The van der Waals surface area contributed by atoms with Gasteiger partial charge in [0.25, 0.3) is 0 Å². The Morgan fingerprint density at radius 1 is 1.48 bits per heavy atom. The quantitative estimate of drug-likeness (QED) is 0.810. The molecule has 0 bridgehead atoms. The molecule has 0 spiro atoms. The van der Waals surface area contributed by atoms with Gasteiger partial charge in [-0.1, -0.05) is 24.8 Å². The minimum Gasteiger partial charge on any atom is -0.444 e. The van der Waals surface area contributed by atoms with Gasteiger partial charge < -0.3 is 19.5 Å². The molecule has 0 unspecified atom stereocenters. The van der Waals surface area contributed by atoms with E-state index in [0.717, 1.165) is 0 Å². The lowest BCUT2D eigenvalue weighted by molar-refractivity contribution is -0.280. The minimum atomic E-state index is -0.654. The van der Waals surface area contributed by atoms with Gasteiger partial charge in [-0.25, -0.2) is 4.79 Å². The van der Waals surface area contributed by atoms with Gasteiger partial charge >= 0.3 is 6.09 Å². The molecule has 1 saturated heterocycles. The van der Waals surface area contributed by atoms with E-state index < -0.39 is 17.5 Å². The lowest BCUT2D eigenvalue weighted by Crippen LogP contribution is -2.56. The molecule has 1 amide bonds. The molecule has 1 aliphatic heterocycles. The third-order valence-corrected chi connectivity index (χ3v) is 2.84. The summed E-state index contributed by atoms with van der Waals surface area (Å²) in [6.07, 6.45) is 5.56. The number of amides is 1. The molecule has 5 heteroatoms. The van der Waals surface area contributed by atoms with Crippen LogP contribution >= 0.6 is 0 Å². The highest BCUT2D eigenvalue weighted by atomic mass is 16.7. The highest BCUT2D eigenvalue weighted by Crippen LogP contribution is 2.25. The summed E-state index contributed by atoms with van der Waals surface area (Å²) in [6, 6.07) is -0.248. The Balaban J connectivity index is 2.66. The molecule has 0 radical (unpaired) electrons. The molecule has 0 aromatic rings. The van der Waals surface area contributed by atoms with Crippen LogP contribution in [0, 0.1) is 0 Å². The zero-order chi connectivity index (χ0) is 16.1. The van der Waals surface area contributed by atoms with Gasteiger partial charge in [0.1, 0.15) is 5.60 Å². The van der Waals surface area contributed by atoms with E-state index in [4.69, 9.17) is 14.2 Å². The molecular weight excluding hydrogens is 270 g/mol. The average molecular weight is 297 g/mol. The largest absolute Gasteiger partial charge is 0.444 e. The Morgan fingerprint density at radius 2 is 2.14 bits per heavy atom. The van der Waals surface area contributed by atoms with Gasteiger partial charge in [0.15, 0.2) is 5.79 Å². The number of hydrogen-bond acceptors (Lipinski definition) is 4. The number of ether oxygens (including phenoxy) is 3. The normalized spacial score (nSPS) is 25.6. The maximum Gasteiger partial charge on any atom is 0.408 e. The van der Waals surface area contributed by atoms with Crippen molar-refractivity contribution in [3.05, 3.63) is 24.8 Å². The van der Waals surface area contributed by atoms with Crippen molar-refractivity contribution in [1.82, 2.24) is 5.32 Å². The van der Waals surface area contributed by atoms with Gasteiger partial charge in [-0.3, -0.25) is 0 Å². The monoisotopic (exact) mass is 297 g/mol. The van der Waals surface area contributed by atoms with Gasteiger partial charge in [0.05, 0.1) is 18.8 Å². The van der Waals surface area contributed by atoms with Crippen LogP contribution in [-0.4, -0.2) is 36.2 Å². The Morgan fingerprint density at radius 3 is 2.71 bits per heavy atom. The Kier molecular flexibility index (Phi) is 5.98. The molecule has 21 heavy (non-hydrogen) atoms. The zero-order valence-electron chi connectivity index (χ0n) is 13.6. The second-order valence-electron chi connectivity index (χ2n) is 6.52. The van der Waals surface area contributed by atoms with Crippen molar-refractivity contribution in [2.75, 3.05) is 6.61 Å². The fraction of sp³-hybridized carbons (Fsp3) is 0.688. The van der Waals surface area contributed by atoms with E-state index in [0.29, 0.717) is 13.0 Å². The molecule has 1 aliphatic rings. The van der Waals surface area contributed by atoms with Gasteiger partial charge in [-0.05, 0) is 41.0 Å². The highest BCUT2D eigenvalue weighted by molar-refractivity contribution is 5.68. The summed E-state index contributed by atoms with van der Waals surface area (Å²) in [4.78, 5) is 11.9. The van der Waals surface area contributed by atoms with Crippen molar-refractivity contribution in [1.29, 1.82) is 0 Å². The number of hydrogen-bond donors (Lipinski definition) is 1. The smallest absolute Gasteiger partial charge is 0.408 e. The molecule has 1 fully saturated rings. The molecule has 1 rings (SSSR count). The van der Waals surface area contributed by atoms with Crippen molar-refractivity contribution in [2.45, 2.75) is 64.6 Å². The maximum atomic E-state index is 11.9. The second-order valence-corrected chi connectivity index (χ2v) is 6.52. The molecule has 1 N–H and O–H groups in total. The predicted molar refractivity (Wildman–Crippen MR) is 82.0 cm³/mol. The van der Waals surface area contributed by atoms with Crippen LogP contribution in [0.1, 0.15) is 41.0 Å². The molecule has 120 valence electrons. The van der Waals surface area contributed by atoms with Gasteiger partial charge in [-0.15, -0.1) is 0 Å². The van der Waals surface area contributed by atoms with Crippen molar-refractivity contribution in [3.8, 4) is 0 Å². The number of allylic oxidation sites excluding steroid dienone is 2. The topological polar surface area (TPSA) is 56.8 Å². The number of carbonyl (C=O) groups is 1. The first kappa shape index (κ1) is 17.7. The van der Waals surface area contributed by atoms with E-state index >= 15 is 0 Å². The van der Waals surface area contributed by atoms with E-state index in [1.165, 1.54) is 0 Å². The standard InChI is InChI=1S/C16H27NO4/c1-7-8-9-10-13-12(11-19-16(5,6)20-13)17-14(18)21-15(2,3)4/h7-9,12-13H,1,10-11H2,2-6H3,(H,17,18)/b9-8+/t12-,13-/m0/s1. The van der Waals surface area contributed by atoms with Crippen molar-refractivity contribution in [2.24, 2.45) is 0 Å². The number of rotatable bonds is 4. The minimum absolute atomic E-state index is 0.169. The van der Waals surface area contributed by atoms with Crippen LogP contribution in [0.2, 0.25) is 0 Å². The average Bonchev–Trinajstić information content (AvgIpc) is 2.30. The summed E-state index contributed by atoms with van der Waals surface area (Å²) >= 11 is 0. The first-order valence-corrected chi connectivity index (χ1v) is 7.22. The molecular formula is C16H27NO4. The van der Waals surface area contributed by atoms with E-state index in [2.05, 4.69) is 11.9 Å². The Labute approximate surface area is 127 Å². The van der Waals surface area contributed by atoms with Crippen LogP contribution in [0.3, 0.4) is 0 Å². The van der Waals surface area contributed by atoms with Crippen molar-refractivity contribution in [3.63, 3.8) is 0 Å². The zero-order valence-corrected chi connectivity index (χ0v) is 13.6. The van der Waals surface area contributed by atoms with E-state index in [9.17, 15) is 4.79 Å². The van der Waals surface area contributed by atoms with Crippen LogP contribution < -0.4 is 5.32 Å². The SMILES string of the molecule is C=C/C=C/C[C@@H]1OC(C)(C)OC[C@@H]1NC(=O)OC(C)(C)C. The molecule has 0 aromatic carbocycles. The third kappa shape index (κ3) is 6.78. The highest BCUT2D eigenvalue weighted by Gasteiger charge is 2.37. The van der Waals surface area contributed by atoms with E-state index in [1.807, 2.05) is 46.8 Å². The van der Waals surface area contributed by atoms with E-state index in [1.54, 1.807) is 6.08 Å². The number of nitrogens with one attached hydrogen (secondary N) is 1. The summed E-state index contributed by atoms with van der Waals surface area (Å²) in [6.45, 7) is 13.2. The molecule has 2 atom stereocenters. The first-order valence-electron chi connectivity index (χ1n) is 7.22. The maximum absolute atomic E-state index is 11.9. The van der Waals surface area contributed by atoms with Crippen LogP contribution in [0.25, 0.3) is 0 Å². The summed E-state index contributed by atoms with van der Waals surface area (Å²) in [7, 11) is 0. The fourth-order valence-electron chi connectivity index (χ4n) is 1.99. The lowest BCUT2D eigenvalue weighted by Gasteiger charge is -2.41. The van der Waals surface area contributed by atoms with Gasteiger partial charge in [0, 0.05) is 0 Å². The molecule has 5 nitrogen and oxygen atoms in total. The van der Waals surface area contributed by atoms with Gasteiger partial charge in [0.2, 0.25) is 0 Å². The Hall–Kier alpha value is -1.33. The van der Waals surface area contributed by atoms with Crippen molar-refractivity contribution >= 4 is 6.09 Å². The molecule has 0 aliphatic carbocycles. The third-order valence-electron chi connectivity index (χ3n) is 2.84.